The monoisotopic (exact) mass is 271 g/mol. The van der Waals surface area contributed by atoms with E-state index in [0.29, 0.717) is 11.3 Å². The molecular formula is C16H14ClNO. The van der Waals surface area contributed by atoms with E-state index in [-0.39, 0.29) is 11.5 Å². The molecule has 2 aromatic rings. The number of rotatable bonds is 4. The summed E-state index contributed by atoms with van der Waals surface area (Å²) in [5, 5.41) is 8.62. The van der Waals surface area contributed by atoms with Crippen molar-refractivity contribution in [1.29, 1.82) is 5.26 Å². The van der Waals surface area contributed by atoms with E-state index >= 15 is 0 Å². The summed E-state index contributed by atoms with van der Waals surface area (Å²) in [4.78, 5) is 0. The standard InChI is InChI=1S/C16H14ClNO/c1-12(16(17)14-7-3-2-4-8-14)19-15-9-5-6-13(10-15)11-18/h2-10,12,16H,1H3. The highest BCUT2D eigenvalue weighted by Gasteiger charge is 2.18. The molecule has 2 aromatic carbocycles. The van der Waals surface area contributed by atoms with Crippen LogP contribution in [0.5, 0.6) is 5.75 Å². The van der Waals surface area contributed by atoms with Gasteiger partial charge in [0.05, 0.1) is 17.0 Å². The van der Waals surface area contributed by atoms with Crippen molar-refractivity contribution in [3.8, 4) is 11.8 Å². The quantitative estimate of drug-likeness (QED) is 0.777. The van der Waals surface area contributed by atoms with Crippen LogP contribution in [0.15, 0.2) is 54.6 Å². The molecule has 0 saturated carbocycles. The summed E-state index contributed by atoms with van der Waals surface area (Å²) in [5.41, 5.74) is 1.60. The second-order valence-electron chi connectivity index (χ2n) is 4.28. The van der Waals surface area contributed by atoms with Gasteiger partial charge in [0, 0.05) is 0 Å². The molecule has 19 heavy (non-hydrogen) atoms. The van der Waals surface area contributed by atoms with Gasteiger partial charge in [-0.25, -0.2) is 0 Å². The van der Waals surface area contributed by atoms with E-state index in [1.54, 1.807) is 18.2 Å². The van der Waals surface area contributed by atoms with Gasteiger partial charge < -0.3 is 4.74 Å². The van der Waals surface area contributed by atoms with E-state index in [0.717, 1.165) is 5.56 Å². The van der Waals surface area contributed by atoms with E-state index in [9.17, 15) is 0 Å². The molecule has 2 rings (SSSR count). The Labute approximate surface area is 118 Å². The lowest BCUT2D eigenvalue weighted by Crippen LogP contribution is -2.18. The van der Waals surface area contributed by atoms with Gasteiger partial charge in [-0.2, -0.15) is 5.26 Å². The highest BCUT2D eigenvalue weighted by Crippen LogP contribution is 2.27. The third-order valence-corrected chi connectivity index (χ3v) is 3.42. The Morgan fingerprint density at radius 3 is 2.53 bits per heavy atom. The van der Waals surface area contributed by atoms with Crippen molar-refractivity contribution >= 4 is 11.6 Å². The number of nitrogens with zero attached hydrogens (tertiary/aromatic N) is 1. The van der Waals surface area contributed by atoms with Crippen LogP contribution in [-0.4, -0.2) is 6.10 Å². The third kappa shape index (κ3) is 3.49. The molecule has 0 aliphatic carbocycles. The zero-order valence-electron chi connectivity index (χ0n) is 10.6. The molecule has 2 atom stereocenters. The van der Waals surface area contributed by atoms with E-state index < -0.39 is 0 Å². The average Bonchev–Trinajstić information content (AvgIpc) is 2.47. The maximum Gasteiger partial charge on any atom is 0.121 e. The number of hydrogen-bond acceptors (Lipinski definition) is 2. The first-order chi connectivity index (χ1) is 9.20. The zero-order valence-corrected chi connectivity index (χ0v) is 11.3. The first-order valence-corrected chi connectivity index (χ1v) is 6.50. The fraction of sp³-hybridized carbons (Fsp3) is 0.188. The molecule has 96 valence electrons. The van der Waals surface area contributed by atoms with Crippen LogP contribution in [0.4, 0.5) is 0 Å². The minimum atomic E-state index is -0.230. The first kappa shape index (κ1) is 13.5. The van der Waals surface area contributed by atoms with Gasteiger partial charge in [-0.05, 0) is 30.7 Å². The van der Waals surface area contributed by atoms with Gasteiger partial charge in [0.2, 0.25) is 0 Å². The van der Waals surface area contributed by atoms with Crippen molar-refractivity contribution in [2.45, 2.75) is 18.4 Å². The lowest BCUT2D eigenvalue weighted by atomic mass is 10.1. The molecular weight excluding hydrogens is 258 g/mol. The molecule has 0 N–H and O–H groups in total. The van der Waals surface area contributed by atoms with Gasteiger partial charge in [0.25, 0.3) is 0 Å². The second kappa shape index (κ2) is 6.26. The molecule has 0 radical (unpaired) electrons. The SMILES string of the molecule is CC(Oc1cccc(C#N)c1)C(Cl)c1ccccc1. The van der Waals surface area contributed by atoms with Crippen molar-refractivity contribution in [1.82, 2.24) is 0 Å². The predicted molar refractivity (Wildman–Crippen MR) is 76.3 cm³/mol. The van der Waals surface area contributed by atoms with Crippen molar-refractivity contribution < 1.29 is 4.74 Å². The number of nitriles is 1. The van der Waals surface area contributed by atoms with Gasteiger partial charge in [-0.15, -0.1) is 11.6 Å². The lowest BCUT2D eigenvalue weighted by molar-refractivity contribution is 0.216. The minimum absolute atomic E-state index is 0.182. The topological polar surface area (TPSA) is 33.0 Å². The van der Waals surface area contributed by atoms with Crippen LogP contribution in [0.3, 0.4) is 0 Å². The molecule has 0 amide bonds. The van der Waals surface area contributed by atoms with Gasteiger partial charge >= 0.3 is 0 Å². The van der Waals surface area contributed by atoms with Crippen LogP contribution in [-0.2, 0) is 0 Å². The maximum atomic E-state index is 8.85. The van der Waals surface area contributed by atoms with E-state index in [1.165, 1.54) is 0 Å². The molecule has 0 saturated heterocycles. The first-order valence-electron chi connectivity index (χ1n) is 6.06. The second-order valence-corrected chi connectivity index (χ2v) is 4.75. The maximum absolute atomic E-state index is 8.85. The molecule has 0 aromatic heterocycles. The molecule has 0 spiro atoms. The van der Waals surface area contributed by atoms with Crippen molar-refractivity contribution in [3.05, 3.63) is 65.7 Å². The highest BCUT2D eigenvalue weighted by molar-refractivity contribution is 6.21. The molecule has 0 fully saturated rings. The number of halogens is 1. The Morgan fingerprint density at radius 1 is 1.11 bits per heavy atom. The highest BCUT2D eigenvalue weighted by atomic mass is 35.5. The minimum Gasteiger partial charge on any atom is -0.489 e. The summed E-state index contributed by atoms with van der Waals surface area (Å²) in [7, 11) is 0. The largest absolute Gasteiger partial charge is 0.489 e. The smallest absolute Gasteiger partial charge is 0.121 e. The van der Waals surface area contributed by atoms with Gasteiger partial charge in [0.15, 0.2) is 0 Å². The van der Waals surface area contributed by atoms with Crippen LogP contribution in [0.25, 0.3) is 0 Å². The lowest BCUT2D eigenvalue weighted by Gasteiger charge is -2.20. The van der Waals surface area contributed by atoms with Crippen LogP contribution in [0.1, 0.15) is 23.4 Å². The summed E-state index contributed by atoms with van der Waals surface area (Å²) >= 11 is 6.39. The average molecular weight is 272 g/mol. The molecule has 0 heterocycles. The summed E-state index contributed by atoms with van der Waals surface area (Å²) in [5.74, 6) is 0.660. The van der Waals surface area contributed by atoms with Gasteiger partial charge in [-0.3, -0.25) is 0 Å². The Morgan fingerprint density at radius 2 is 1.84 bits per heavy atom. The van der Waals surface area contributed by atoms with Gasteiger partial charge in [-0.1, -0.05) is 36.4 Å². The van der Waals surface area contributed by atoms with Crippen molar-refractivity contribution in [2.75, 3.05) is 0 Å². The number of benzene rings is 2. The Kier molecular flexibility index (Phi) is 4.43. The molecule has 3 heteroatoms. The van der Waals surface area contributed by atoms with E-state index in [2.05, 4.69) is 6.07 Å². The number of hydrogen-bond donors (Lipinski definition) is 0. The Balaban J connectivity index is 2.08. The molecule has 0 aliphatic heterocycles. The number of ether oxygens (including phenoxy) is 1. The van der Waals surface area contributed by atoms with Crippen LogP contribution in [0, 0.1) is 11.3 Å². The fourth-order valence-electron chi connectivity index (χ4n) is 1.82. The Hall–Kier alpha value is -1.98. The predicted octanol–water partition coefficient (Wildman–Crippen LogP) is 4.31. The molecule has 2 unspecified atom stereocenters. The summed E-state index contributed by atoms with van der Waals surface area (Å²) < 4.78 is 5.79. The number of alkyl halides is 1. The molecule has 2 nitrogen and oxygen atoms in total. The van der Waals surface area contributed by atoms with E-state index in [1.807, 2.05) is 43.3 Å². The van der Waals surface area contributed by atoms with Crippen LogP contribution >= 0.6 is 11.6 Å². The zero-order chi connectivity index (χ0) is 13.7. The van der Waals surface area contributed by atoms with E-state index in [4.69, 9.17) is 21.6 Å². The normalized spacial score (nSPS) is 13.3. The fourth-order valence-corrected chi connectivity index (χ4v) is 2.02. The van der Waals surface area contributed by atoms with Crippen LogP contribution < -0.4 is 4.74 Å². The molecule has 0 aliphatic rings. The van der Waals surface area contributed by atoms with Crippen molar-refractivity contribution in [2.24, 2.45) is 0 Å². The third-order valence-electron chi connectivity index (χ3n) is 2.82. The summed E-state index contributed by atoms with van der Waals surface area (Å²) in [6.07, 6.45) is -0.182. The Bertz CT molecular complexity index is 577. The summed E-state index contributed by atoms with van der Waals surface area (Å²) in [6, 6.07) is 19.0. The molecule has 0 bridgehead atoms. The van der Waals surface area contributed by atoms with Crippen molar-refractivity contribution in [3.63, 3.8) is 0 Å². The summed E-state index contributed by atoms with van der Waals surface area (Å²) in [6.45, 7) is 1.92. The van der Waals surface area contributed by atoms with Gasteiger partial charge in [0.1, 0.15) is 11.9 Å². The van der Waals surface area contributed by atoms with Crippen LogP contribution in [0.2, 0.25) is 0 Å².